The highest BCUT2D eigenvalue weighted by Gasteiger charge is 2.44. The van der Waals surface area contributed by atoms with Gasteiger partial charge in [0.15, 0.2) is 0 Å². The maximum absolute atomic E-state index is 13.0. The number of aliphatic hydroxyl groups excluding tert-OH is 1. The molecule has 116 valence electrons. The molecule has 1 heterocycles. The van der Waals surface area contributed by atoms with Crippen molar-refractivity contribution in [2.75, 3.05) is 6.54 Å². The average molecular weight is 309 g/mol. The molecule has 1 aromatic rings. The van der Waals surface area contributed by atoms with Crippen molar-refractivity contribution in [3.8, 4) is 0 Å². The number of benzene rings is 1. The highest BCUT2D eigenvalue weighted by atomic mass is 32.2. The molecule has 1 aliphatic heterocycles. The van der Waals surface area contributed by atoms with Crippen molar-refractivity contribution in [2.45, 2.75) is 56.6 Å². The van der Waals surface area contributed by atoms with E-state index in [9.17, 15) is 13.5 Å². The number of sulfonamides is 1. The Morgan fingerprint density at radius 2 is 1.90 bits per heavy atom. The van der Waals surface area contributed by atoms with Crippen molar-refractivity contribution in [3.63, 3.8) is 0 Å². The van der Waals surface area contributed by atoms with Crippen LogP contribution in [0.4, 0.5) is 0 Å². The fraction of sp³-hybridized carbons (Fsp3) is 0.625. The lowest BCUT2D eigenvalue weighted by Gasteiger charge is -2.37. The summed E-state index contributed by atoms with van der Waals surface area (Å²) in [6.07, 6.45) is 2.91. The van der Waals surface area contributed by atoms with Crippen LogP contribution in [0, 0.1) is 19.8 Å². The first-order chi connectivity index (χ1) is 9.89. The summed E-state index contributed by atoms with van der Waals surface area (Å²) in [4.78, 5) is 0.412. The van der Waals surface area contributed by atoms with Gasteiger partial charge in [-0.15, -0.1) is 0 Å². The van der Waals surface area contributed by atoms with Gasteiger partial charge in [0.25, 0.3) is 0 Å². The largest absolute Gasteiger partial charge is 0.393 e. The zero-order valence-electron chi connectivity index (χ0n) is 12.6. The molecule has 0 bridgehead atoms. The Bertz CT molecular complexity index is 637. The molecule has 1 saturated heterocycles. The predicted octanol–water partition coefficient (Wildman–Crippen LogP) is 2.23. The van der Waals surface area contributed by atoms with Crippen LogP contribution in [0.25, 0.3) is 0 Å². The second-order valence-electron chi connectivity index (χ2n) is 6.47. The predicted molar refractivity (Wildman–Crippen MR) is 81.6 cm³/mol. The van der Waals surface area contributed by atoms with Crippen LogP contribution in [0.1, 0.15) is 36.8 Å². The number of aryl methyl sites for hydroxylation is 2. The Morgan fingerprint density at radius 3 is 2.52 bits per heavy atom. The van der Waals surface area contributed by atoms with Crippen molar-refractivity contribution in [1.82, 2.24) is 4.31 Å². The monoisotopic (exact) mass is 309 g/mol. The Balaban J connectivity index is 1.96. The zero-order valence-corrected chi connectivity index (χ0v) is 13.4. The van der Waals surface area contributed by atoms with Crippen LogP contribution in [0.15, 0.2) is 23.1 Å². The Labute approximate surface area is 126 Å². The van der Waals surface area contributed by atoms with Gasteiger partial charge in [-0.3, -0.25) is 0 Å². The molecule has 0 radical (unpaired) electrons. The van der Waals surface area contributed by atoms with Crippen molar-refractivity contribution in [1.29, 1.82) is 0 Å². The van der Waals surface area contributed by atoms with Gasteiger partial charge in [0.05, 0.1) is 11.0 Å². The van der Waals surface area contributed by atoms with Gasteiger partial charge in [0.1, 0.15) is 0 Å². The third-order valence-electron chi connectivity index (χ3n) is 4.65. The molecule has 1 N–H and O–H groups in total. The van der Waals surface area contributed by atoms with E-state index in [4.69, 9.17) is 0 Å². The van der Waals surface area contributed by atoms with E-state index in [1.54, 1.807) is 10.4 Å². The SMILES string of the molecule is Cc1ccc(S(=O)(=O)N2CC[C@@H](O)C[C@@H]2C2CC2)c(C)c1. The first-order valence-electron chi connectivity index (χ1n) is 7.67. The molecule has 0 aromatic heterocycles. The first kappa shape index (κ1) is 15.0. The van der Waals surface area contributed by atoms with Crippen molar-refractivity contribution in [3.05, 3.63) is 29.3 Å². The Kier molecular flexibility index (Phi) is 3.84. The highest BCUT2D eigenvalue weighted by molar-refractivity contribution is 7.89. The van der Waals surface area contributed by atoms with E-state index in [1.165, 1.54) is 0 Å². The van der Waals surface area contributed by atoms with Crippen molar-refractivity contribution in [2.24, 2.45) is 5.92 Å². The zero-order chi connectivity index (χ0) is 15.2. The highest BCUT2D eigenvalue weighted by Crippen LogP contribution is 2.41. The van der Waals surface area contributed by atoms with Gasteiger partial charge >= 0.3 is 0 Å². The van der Waals surface area contributed by atoms with Gasteiger partial charge in [-0.25, -0.2) is 8.42 Å². The molecule has 2 aliphatic rings. The summed E-state index contributed by atoms with van der Waals surface area (Å²) < 4.78 is 27.7. The molecule has 0 spiro atoms. The molecule has 1 saturated carbocycles. The topological polar surface area (TPSA) is 57.6 Å². The van der Waals surface area contributed by atoms with Gasteiger partial charge in [-0.1, -0.05) is 17.7 Å². The van der Waals surface area contributed by atoms with E-state index >= 15 is 0 Å². The molecule has 2 atom stereocenters. The summed E-state index contributed by atoms with van der Waals surface area (Å²) in [6.45, 7) is 4.25. The second-order valence-corrected chi connectivity index (χ2v) is 8.33. The van der Waals surface area contributed by atoms with Crippen LogP contribution >= 0.6 is 0 Å². The van der Waals surface area contributed by atoms with Crippen LogP contribution < -0.4 is 0 Å². The lowest BCUT2D eigenvalue weighted by molar-refractivity contribution is 0.0736. The summed E-state index contributed by atoms with van der Waals surface area (Å²) >= 11 is 0. The number of aliphatic hydroxyl groups is 1. The minimum Gasteiger partial charge on any atom is -0.393 e. The van der Waals surface area contributed by atoms with E-state index in [0.29, 0.717) is 30.2 Å². The molecule has 1 aliphatic carbocycles. The summed E-state index contributed by atoms with van der Waals surface area (Å²) in [7, 11) is -3.46. The van der Waals surface area contributed by atoms with Crippen LogP contribution in [0.5, 0.6) is 0 Å². The molecule has 0 unspecified atom stereocenters. The van der Waals surface area contributed by atoms with Crippen LogP contribution in [0.3, 0.4) is 0 Å². The van der Waals surface area contributed by atoms with Crippen LogP contribution in [-0.4, -0.2) is 36.5 Å². The van der Waals surface area contributed by atoms with E-state index in [1.807, 2.05) is 26.0 Å². The van der Waals surface area contributed by atoms with Gasteiger partial charge in [0.2, 0.25) is 10.0 Å². The fourth-order valence-electron chi connectivity index (χ4n) is 3.38. The minimum absolute atomic E-state index is 0.0283. The molecular formula is C16H23NO3S. The van der Waals surface area contributed by atoms with Crippen LogP contribution in [-0.2, 0) is 10.0 Å². The smallest absolute Gasteiger partial charge is 0.243 e. The molecule has 2 fully saturated rings. The number of piperidine rings is 1. The normalized spacial score (nSPS) is 27.8. The maximum atomic E-state index is 13.0. The lowest BCUT2D eigenvalue weighted by atomic mass is 9.98. The summed E-state index contributed by atoms with van der Waals surface area (Å²) in [5, 5.41) is 9.88. The molecule has 3 rings (SSSR count). The lowest BCUT2D eigenvalue weighted by Crippen LogP contribution is -2.48. The summed E-state index contributed by atoms with van der Waals surface area (Å²) in [5.74, 6) is 0.431. The third kappa shape index (κ3) is 2.87. The maximum Gasteiger partial charge on any atom is 0.243 e. The van der Waals surface area contributed by atoms with E-state index in [-0.39, 0.29) is 12.1 Å². The van der Waals surface area contributed by atoms with Crippen molar-refractivity contribution >= 4 is 10.0 Å². The number of hydrogen-bond donors (Lipinski definition) is 1. The van der Waals surface area contributed by atoms with Gasteiger partial charge in [0, 0.05) is 12.6 Å². The standard InChI is InChI=1S/C16H23NO3S/c1-11-3-6-16(12(2)9-11)21(19,20)17-8-7-14(18)10-15(17)13-4-5-13/h3,6,9,13-15,18H,4-5,7-8,10H2,1-2H3/t14-,15-/m1/s1. The quantitative estimate of drug-likeness (QED) is 0.931. The number of nitrogens with zero attached hydrogens (tertiary/aromatic N) is 1. The molecule has 21 heavy (non-hydrogen) atoms. The first-order valence-corrected chi connectivity index (χ1v) is 9.11. The molecule has 1 aromatic carbocycles. The summed E-state index contributed by atoms with van der Waals surface area (Å²) in [6, 6.07) is 5.46. The van der Waals surface area contributed by atoms with E-state index < -0.39 is 10.0 Å². The Hall–Kier alpha value is -0.910. The third-order valence-corrected chi connectivity index (χ3v) is 6.73. The summed E-state index contributed by atoms with van der Waals surface area (Å²) in [5.41, 5.74) is 1.87. The fourth-order valence-corrected chi connectivity index (χ4v) is 5.30. The van der Waals surface area contributed by atoms with E-state index in [0.717, 1.165) is 24.0 Å². The Morgan fingerprint density at radius 1 is 1.19 bits per heavy atom. The molecule has 4 nitrogen and oxygen atoms in total. The average Bonchev–Trinajstić information content (AvgIpc) is 3.21. The van der Waals surface area contributed by atoms with Gasteiger partial charge in [-0.2, -0.15) is 4.31 Å². The second kappa shape index (κ2) is 5.38. The van der Waals surface area contributed by atoms with Gasteiger partial charge < -0.3 is 5.11 Å². The number of rotatable bonds is 3. The van der Waals surface area contributed by atoms with Gasteiger partial charge in [-0.05, 0) is 57.1 Å². The van der Waals surface area contributed by atoms with Crippen molar-refractivity contribution < 1.29 is 13.5 Å². The van der Waals surface area contributed by atoms with E-state index in [2.05, 4.69) is 0 Å². The molecular weight excluding hydrogens is 286 g/mol. The molecule has 5 heteroatoms. The van der Waals surface area contributed by atoms with Crippen LogP contribution in [0.2, 0.25) is 0 Å². The number of hydrogen-bond acceptors (Lipinski definition) is 3. The minimum atomic E-state index is -3.46. The molecule has 0 amide bonds.